The largest absolute Gasteiger partial charge is 1.00 e. The molecule has 1 aromatic heterocycles. The molecule has 1 unspecified atom stereocenters. The molecule has 0 radical (unpaired) electrons. The van der Waals surface area contributed by atoms with Gasteiger partial charge in [-0.1, -0.05) is 18.1 Å². The zero-order valence-electron chi connectivity index (χ0n) is 16.1. The van der Waals surface area contributed by atoms with Crippen LogP contribution in [-0.4, -0.2) is 14.9 Å². The first-order valence-electron chi connectivity index (χ1n) is 8.52. The molecule has 0 aliphatic heterocycles. The molecule has 6 nitrogen and oxygen atoms in total. The first-order valence-corrected chi connectivity index (χ1v) is 8.52. The van der Waals surface area contributed by atoms with Gasteiger partial charge in [0, 0.05) is 34.6 Å². The molecule has 140 valence electrons. The minimum absolute atomic E-state index is 0. The average molecular weight is 376 g/mol. The summed E-state index contributed by atoms with van der Waals surface area (Å²) in [7, 11) is 0. The second-order valence-corrected chi connectivity index (χ2v) is 6.27. The van der Waals surface area contributed by atoms with Crippen molar-refractivity contribution in [2.45, 2.75) is 25.8 Å². The molecule has 2 aromatic rings. The first-order chi connectivity index (χ1) is 12.4. The van der Waals surface area contributed by atoms with Gasteiger partial charge in [0.2, 0.25) is 0 Å². The number of phenols is 1. The molecule has 0 aliphatic carbocycles. The Morgan fingerprint density at radius 1 is 1.22 bits per heavy atom. The Kier molecular flexibility index (Phi) is 8.96. The maximum absolute atomic E-state index is 9.97. The van der Waals surface area contributed by atoms with E-state index in [0.29, 0.717) is 22.8 Å². The molecule has 2 rings (SSSR count). The van der Waals surface area contributed by atoms with Crippen molar-refractivity contribution in [1.82, 2.24) is 9.78 Å². The number of aromatic hydroxyl groups is 1. The van der Waals surface area contributed by atoms with Crippen molar-refractivity contribution in [3.8, 4) is 5.75 Å². The van der Waals surface area contributed by atoms with E-state index >= 15 is 0 Å². The molecule has 0 aliphatic rings. The zero-order valence-corrected chi connectivity index (χ0v) is 18.1. The molecule has 0 bridgehead atoms. The van der Waals surface area contributed by atoms with E-state index in [0.717, 1.165) is 18.4 Å². The minimum atomic E-state index is 0. The number of allylic oxidation sites excluding steroid dienone is 2. The Morgan fingerprint density at radius 3 is 2.41 bits per heavy atom. The maximum Gasteiger partial charge on any atom is 1.00 e. The molecule has 0 fully saturated rings. The van der Waals surface area contributed by atoms with Crippen LogP contribution < -0.4 is 46.8 Å². The third-order valence-electron chi connectivity index (χ3n) is 4.58. The SMILES string of the molecule is [CH2-]CC(C[CH2-])C(C)n1cc(C(/C=C(\N)c2ccccc2O)=C(N)N)cn1.[Na+]. The van der Waals surface area contributed by atoms with Crippen LogP contribution in [0.1, 0.15) is 36.9 Å². The Bertz CT molecular complexity index is 804. The van der Waals surface area contributed by atoms with Crippen molar-refractivity contribution in [1.29, 1.82) is 0 Å². The molecule has 1 aromatic carbocycles. The summed E-state index contributed by atoms with van der Waals surface area (Å²) in [6.45, 7) is 10.0. The Balaban J connectivity index is 0.00000364. The number of aromatic nitrogens is 2. The van der Waals surface area contributed by atoms with Crippen molar-refractivity contribution < 1.29 is 34.7 Å². The van der Waals surface area contributed by atoms with Gasteiger partial charge in [0.15, 0.2) is 0 Å². The molecule has 27 heavy (non-hydrogen) atoms. The summed E-state index contributed by atoms with van der Waals surface area (Å²) >= 11 is 0. The van der Waals surface area contributed by atoms with E-state index in [-0.39, 0.29) is 47.2 Å². The van der Waals surface area contributed by atoms with Gasteiger partial charge in [-0.25, -0.2) is 0 Å². The van der Waals surface area contributed by atoms with Gasteiger partial charge in [0.05, 0.1) is 6.20 Å². The van der Waals surface area contributed by atoms with E-state index in [1.54, 1.807) is 36.5 Å². The fourth-order valence-electron chi connectivity index (χ4n) is 2.83. The molecule has 0 spiro atoms. The molecule has 7 heteroatoms. The van der Waals surface area contributed by atoms with Crippen LogP contribution in [0.25, 0.3) is 11.3 Å². The van der Waals surface area contributed by atoms with Gasteiger partial charge < -0.3 is 36.2 Å². The van der Waals surface area contributed by atoms with Crippen LogP contribution in [0.3, 0.4) is 0 Å². The molecule has 1 atom stereocenters. The van der Waals surface area contributed by atoms with E-state index in [2.05, 4.69) is 25.9 Å². The van der Waals surface area contributed by atoms with Gasteiger partial charge in [-0.3, -0.25) is 4.68 Å². The van der Waals surface area contributed by atoms with E-state index in [4.69, 9.17) is 17.2 Å². The predicted octanol–water partition coefficient (Wildman–Crippen LogP) is -0.196. The van der Waals surface area contributed by atoms with Gasteiger partial charge in [-0.2, -0.15) is 17.9 Å². The number of rotatable bonds is 7. The summed E-state index contributed by atoms with van der Waals surface area (Å²) in [5, 5.41) is 14.4. The van der Waals surface area contributed by atoms with E-state index in [1.165, 1.54) is 0 Å². The smallest absolute Gasteiger partial charge is 0.507 e. The first kappa shape index (κ1) is 23.1. The van der Waals surface area contributed by atoms with Crippen LogP contribution >= 0.6 is 0 Å². The number of nitrogens with zero attached hydrogens (tertiary/aromatic N) is 2. The van der Waals surface area contributed by atoms with Crippen LogP contribution in [0, 0.1) is 19.8 Å². The summed E-state index contributed by atoms with van der Waals surface area (Å²) < 4.78 is 1.86. The normalized spacial score (nSPS) is 12.5. The molecule has 7 N–H and O–H groups in total. The fraction of sp³-hybridized carbons (Fsp3) is 0.250. The van der Waals surface area contributed by atoms with Gasteiger partial charge in [0.1, 0.15) is 11.6 Å². The monoisotopic (exact) mass is 376 g/mol. The van der Waals surface area contributed by atoms with Crippen molar-refractivity contribution in [3.05, 3.63) is 73.5 Å². The van der Waals surface area contributed by atoms with Crippen LogP contribution in [0.4, 0.5) is 0 Å². The number of phenolic OH excluding ortho intramolecular Hbond substituents is 1. The van der Waals surface area contributed by atoms with Crippen molar-refractivity contribution in [2.75, 3.05) is 0 Å². The standard InChI is InChI=1S/C20H27N5O.Na/c1-4-14(5-2)13(3)25-12-15(11-24-25)17(20(22)23)10-18(21)16-8-6-7-9-19(16)26;/h6-14,26H,1-2,4-5,21-23H2,3H3;/q-2;+1/b18-10-;. The number of hydrogen-bond donors (Lipinski definition) is 4. The van der Waals surface area contributed by atoms with E-state index in [9.17, 15) is 5.11 Å². The fourth-order valence-corrected chi connectivity index (χ4v) is 2.83. The second kappa shape index (κ2) is 10.4. The summed E-state index contributed by atoms with van der Waals surface area (Å²) in [5.74, 6) is 0.544. The topological polar surface area (TPSA) is 116 Å². The van der Waals surface area contributed by atoms with E-state index in [1.807, 2.05) is 10.9 Å². The molecular formula is C20H27N5NaO-. The minimum Gasteiger partial charge on any atom is -0.507 e. The molecular weight excluding hydrogens is 349 g/mol. The van der Waals surface area contributed by atoms with Crippen LogP contribution in [-0.2, 0) is 0 Å². The van der Waals surface area contributed by atoms with Crippen LogP contribution in [0.15, 0.2) is 48.6 Å². The molecule has 0 amide bonds. The Hall–Kier alpha value is -1.89. The van der Waals surface area contributed by atoms with Gasteiger partial charge >= 0.3 is 29.6 Å². The maximum atomic E-state index is 9.97. The Labute approximate surface area is 183 Å². The number of para-hydroxylation sites is 1. The second-order valence-electron chi connectivity index (χ2n) is 6.27. The van der Waals surface area contributed by atoms with Crippen molar-refractivity contribution >= 4 is 11.3 Å². The molecule has 0 saturated heterocycles. The van der Waals surface area contributed by atoms with Crippen molar-refractivity contribution in [3.63, 3.8) is 0 Å². The molecule has 1 heterocycles. The number of nitrogens with two attached hydrogens (primary N) is 3. The third-order valence-corrected chi connectivity index (χ3v) is 4.58. The Morgan fingerprint density at radius 2 is 1.85 bits per heavy atom. The predicted molar refractivity (Wildman–Crippen MR) is 106 cm³/mol. The summed E-state index contributed by atoms with van der Waals surface area (Å²) in [6, 6.07) is 6.97. The summed E-state index contributed by atoms with van der Waals surface area (Å²) in [5.41, 5.74) is 20.1. The number of hydrogen-bond acceptors (Lipinski definition) is 5. The summed E-state index contributed by atoms with van der Waals surface area (Å²) in [4.78, 5) is 0. The van der Waals surface area contributed by atoms with Crippen LogP contribution in [0.2, 0.25) is 0 Å². The summed E-state index contributed by atoms with van der Waals surface area (Å²) in [6.07, 6.45) is 6.79. The van der Waals surface area contributed by atoms with Gasteiger partial charge in [0.25, 0.3) is 0 Å². The van der Waals surface area contributed by atoms with Gasteiger partial charge in [-0.15, -0.1) is 0 Å². The van der Waals surface area contributed by atoms with Gasteiger partial charge in [-0.05, 0) is 25.1 Å². The number of benzene rings is 1. The average Bonchev–Trinajstić information content (AvgIpc) is 3.10. The zero-order chi connectivity index (χ0) is 19.3. The van der Waals surface area contributed by atoms with Crippen molar-refractivity contribution in [2.24, 2.45) is 23.1 Å². The third kappa shape index (κ3) is 5.54. The molecule has 0 saturated carbocycles. The quantitative estimate of drug-likeness (QED) is 0.304. The van der Waals surface area contributed by atoms with Crippen LogP contribution in [0.5, 0.6) is 5.75 Å². The van der Waals surface area contributed by atoms with E-state index < -0.39 is 0 Å².